The maximum absolute atomic E-state index is 12.1. The molecule has 0 atom stereocenters. The molecule has 1 heterocycles. The maximum Gasteiger partial charge on any atom is 0.290 e. The van der Waals surface area contributed by atoms with E-state index in [0.717, 1.165) is 17.0 Å². The van der Waals surface area contributed by atoms with Crippen LogP contribution in [0.4, 0.5) is 0 Å². The van der Waals surface area contributed by atoms with E-state index >= 15 is 0 Å². The molecular weight excluding hydrogens is 348 g/mol. The Balaban J connectivity index is 2.15. The van der Waals surface area contributed by atoms with Gasteiger partial charge in [-0.15, -0.1) is 5.10 Å². The number of hydrogen-bond donors (Lipinski definition) is 1. The van der Waals surface area contributed by atoms with Gasteiger partial charge in [-0.2, -0.15) is 0 Å². The van der Waals surface area contributed by atoms with E-state index < -0.39 is 0 Å². The zero-order valence-corrected chi connectivity index (χ0v) is 15.5. The quantitative estimate of drug-likeness (QED) is 0.718. The predicted octanol–water partition coefficient (Wildman–Crippen LogP) is 2.32. The van der Waals surface area contributed by atoms with Crippen LogP contribution in [0.2, 0.25) is 0 Å². The van der Waals surface area contributed by atoms with E-state index in [4.69, 9.17) is 14.2 Å². The average molecular weight is 368 g/mol. The molecule has 140 valence electrons. The molecule has 2 aromatic carbocycles. The molecule has 3 rings (SSSR count). The summed E-state index contributed by atoms with van der Waals surface area (Å²) in [5.74, 6) is 2.07. The minimum atomic E-state index is -0.371. The number of hydrogen-bond acceptors (Lipinski definition) is 6. The second-order valence-corrected chi connectivity index (χ2v) is 5.52. The number of benzene rings is 2. The van der Waals surface area contributed by atoms with E-state index in [2.05, 4.69) is 15.4 Å². The molecule has 8 heteroatoms. The van der Waals surface area contributed by atoms with E-state index in [1.807, 2.05) is 30.3 Å². The van der Waals surface area contributed by atoms with E-state index in [1.54, 1.807) is 38.1 Å². The summed E-state index contributed by atoms with van der Waals surface area (Å²) in [4.78, 5) is 16.5. The molecule has 8 nitrogen and oxygen atoms in total. The molecule has 0 radical (unpaired) electrons. The van der Waals surface area contributed by atoms with Crippen molar-refractivity contribution in [2.24, 2.45) is 0 Å². The zero-order valence-electron chi connectivity index (χ0n) is 15.5. The van der Waals surface area contributed by atoms with Gasteiger partial charge in [0.2, 0.25) is 5.82 Å². The van der Waals surface area contributed by atoms with Gasteiger partial charge in [-0.25, -0.2) is 9.67 Å². The van der Waals surface area contributed by atoms with Crippen LogP contribution in [0.1, 0.15) is 10.6 Å². The Kier molecular flexibility index (Phi) is 5.25. The van der Waals surface area contributed by atoms with E-state index in [1.165, 1.54) is 7.05 Å². The number of methoxy groups -OCH3 is 3. The predicted molar refractivity (Wildman–Crippen MR) is 99.8 cm³/mol. The van der Waals surface area contributed by atoms with Gasteiger partial charge < -0.3 is 19.5 Å². The zero-order chi connectivity index (χ0) is 19.4. The van der Waals surface area contributed by atoms with Crippen LogP contribution in [0.25, 0.3) is 17.1 Å². The van der Waals surface area contributed by atoms with Gasteiger partial charge in [0.25, 0.3) is 5.91 Å². The van der Waals surface area contributed by atoms with Gasteiger partial charge >= 0.3 is 0 Å². The Labute approximate surface area is 156 Å². The van der Waals surface area contributed by atoms with E-state index in [0.29, 0.717) is 17.3 Å². The molecule has 0 saturated carbocycles. The van der Waals surface area contributed by atoms with Gasteiger partial charge in [0.1, 0.15) is 5.75 Å². The van der Waals surface area contributed by atoms with E-state index in [-0.39, 0.29) is 11.7 Å². The molecule has 0 spiro atoms. The fourth-order valence-corrected chi connectivity index (χ4v) is 2.59. The molecule has 0 bridgehead atoms. The third kappa shape index (κ3) is 3.55. The molecule has 0 unspecified atom stereocenters. The SMILES string of the molecule is CNC(=O)c1nc(-c2ccc(OC)c(OC)c2)n(-c2ccc(OC)cc2)n1. The standard InChI is InChI=1S/C19H20N4O4/c1-20-19(24)17-21-18(12-5-10-15(26-3)16(11-12)27-4)23(22-17)13-6-8-14(25-2)9-7-13/h5-11H,1-4H3,(H,20,24). The molecule has 0 aliphatic carbocycles. The minimum absolute atomic E-state index is 0.0677. The second-order valence-electron chi connectivity index (χ2n) is 5.52. The summed E-state index contributed by atoms with van der Waals surface area (Å²) in [5, 5.41) is 6.90. The van der Waals surface area contributed by atoms with Crippen molar-refractivity contribution >= 4 is 5.91 Å². The van der Waals surface area contributed by atoms with E-state index in [9.17, 15) is 4.79 Å². The molecule has 1 aromatic heterocycles. The smallest absolute Gasteiger partial charge is 0.290 e. The van der Waals surface area contributed by atoms with Crippen LogP contribution < -0.4 is 19.5 Å². The Morgan fingerprint density at radius 2 is 1.67 bits per heavy atom. The number of rotatable bonds is 6. The summed E-state index contributed by atoms with van der Waals surface area (Å²) in [6.45, 7) is 0. The van der Waals surface area contributed by atoms with Gasteiger partial charge in [-0.3, -0.25) is 4.79 Å². The van der Waals surface area contributed by atoms with Gasteiger partial charge in [0, 0.05) is 12.6 Å². The number of nitrogens with one attached hydrogen (secondary N) is 1. The first kappa shape index (κ1) is 18.2. The lowest BCUT2D eigenvalue weighted by molar-refractivity contribution is 0.0953. The number of nitrogens with zero attached hydrogens (tertiary/aromatic N) is 3. The van der Waals surface area contributed by atoms with Gasteiger partial charge in [0.05, 0.1) is 27.0 Å². The highest BCUT2D eigenvalue weighted by Crippen LogP contribution is 2.32. The third-order valence-electron chi connectivity index (χ3n) is 4.00. The average Bonchev–Trinajstić information content (AvgIpc) is 3.18. The number of amides is 1. The lowest BCUT2D eigenvalue weighted by Crippen LogP contribution is -2.19. The highest BCUT2D eigenvalue weighted by Gasteiger charge is 2.19. The molecule has 0 aliphatic rings. The van der Waals surface area contributed by atoms with Crippen LogP contribution in [0, 0.1) is 0 Å². The molecule has 27 heavy (non-hydrogen) atoms. The van der Waals surface area contributed by atoms with Crippen molar-refractivity contribution < 1.29 is 19.0 Å². The summed E-state index contributed by atoms with van der Waals surface area (Å²) >= 11 is 0. The fraction of sp³-hybridized carbons (Fsp3) is 0.211. The van der Waals surface area contributed by atoms with Crippen LogP contribution in [-0.2, 0) is 0 Å². The summed E-state index contributed by atoms with van der Waals surface area (Å²) in [5.41, 5.74) is 1.47. The Morgan fingerprint density at radius 3 is 2.26 bits per heavy atom. The van der Waals surface area contributed by atoms with Crippen molar-refractivity contribution in [2.75, 3.05) is 28.4 Å². The van der Waals surface area contributed by atoms with Gasteiger partial charge in [-0.05, 0) is 42.5 Å². The molecule has 1 amide bonds. The number of carbonyl (C=O) groups is 1. The normalized spacial score (nSPS) is 10.4. The van der Waals surface area contributed by atoms with Crippen LogP contribution in [-0.4, -0.2) is 49.0 Å². The van der Waals surface area contributed by atoms with Crippen molar-refractivity contribution in [3.8, 4) is 34.3 Å². The topological polar surface area (TPSA) is 87.5 Å². The molecule has 0 aliphatic heterocycles. The van der Waals surface area contributed by atoms with Gasteiger partial charge in [-0.1, -0.05) is 0 Å². The third-order valence-corrected chi connectivity index (χ3v) is 4.00. The first-order chi connectivity index (χ1) is 13.1. The Morgan fingerprint density at radius 1 is 0.963 bits per heavy atom. The molecule has 0 fully saturated rings. The molecule has 1 N–H and O–H groups in total. The number of aromatic nitrogens is 3. The summed E-state index contributed by atoms with van der Waals surface area (Å²) in [6, 6.07) is 12.7. The summed E-state index contributed by atoms with van der Waals surface area (Å²) in [7, 11) is 6.27. The summed E-state index contributed by atoms with van der Waals surface area (Å²) in [6.07, 6.45) is 0. The minimum Gasteiger partial charge on any atom is -0.497 e. The first-order valence-corrected chi connectivity index (χ1v) is 8.17. The monoisotopic (exact) mass is 368 g/mol. The van der Waals surface area contributed by atoms with Crippen LogP contribution in [0.5, 0.6) is 17.2 Å². The van der Waals surface area contributed by atoms with Crippen molar-refractivity contribution in [3.63, 3.8) is 0 Å². The Bertz CT molecular complexity index is 951. The lowest BCUT2D eigenvalue weighted by Gasteiger charge is -2.10. The molecule has 3 aromatic rings. The van der Waals surface area contributed by atoms with Crippen LogP contribution >= 0.6 is 0 Å². The van der Waals surface area contributed by atoms with Crippen molar-refractivity contribution in [3.05, 3.63) is 48.3 Å². The highest BCUT2D eigenvalue weighted by atomic mass is 16.5. The largest absolute Gasteiger partial charge is 0.497 e. The Hall–Kier alpha value is -3.55. The van der Waals surface area contributed by atoms with Crippen LogP contribution in [0.3, 0.4) is 0 Å². The second kappa shape index (κ2) is 7.77. The molecule has 0 saturated heterocycles. The molecular formula is C19H20N4O4. The highest BCUT2D eigenvalue weighted by molar-refractivity contribution is 5.90. The van der Waals surface area contributed by atoms with Crippen LogP contribution in [0.15, 0.2) is 42.5 Å². The van der Waals surface area contributed by atoms with Crippen molar-refractivity contribution in [2.45, 2.75) is 0 Å². The lowest BCUT2D eigenvalue weighted by atomic mass is 10.2. The maximum atomic E-state index is 12.1. The van der Waals surface area contributed by atoms with Crippen molar-refractivity contribution in [1.82, 2.24) is 20.1 Å². The first-order valence-electron chi connectivity index (χ1n) is 8.17. The number of carbonyl (C=O) groups excluding carboxylic acids is 1. The summed E-state index contributed by atoms with van der Waals surface area (Å²) < 4.78 is 17.5. The van der Waals surface area contributed by atoms with Crippen molar-refractivity contribution in [1.29, 1.82) is 0 Å². The number of ether oxygens (including phenoxy) is 3. The van der Waals surface area contributed by atoms with Gasteiger partial charge in [0.15, 0.2) is 17.3 Å². The fourth-order valence-electron chi connectivity index (χ4n) is 2.59.